The average molecular weight is 313 g/mol. The molecule has 0 bridgehead atoms. The van der Waals surface area contributed by atoms with Gasteiger partial charge in [0.05, 0.1) is 19.3 Å². The van der Waals surface area contributed by atoms with Crippen molar-refractivity contribution < 1.29 is 17.9 Å². The fourth-order valence-corrected chi connectivity index (χ4v) is 3.91. The van der Waals surface area contributed by atoms with Crippen LogP contribution in [0.25, 0.3) is 0 Å². The predicted molar refractivity (Wildman–Crippen MR) is 82.5 cm³/mol. The highest BCUT2D eigenvalue weighted by molar-refractivity contribution is 7.89. The van der Waals surface area contributed by atoms with Crippen LogP contribution >= 0.6 is 0 Å². The van der Waals surface area contributed by atoms with Gasteiger partial charge in [-0.25, -0.2) is 12.7 Å². The maximum absolute atomic E-state index is 12.4. The minimum atomic E-state index is -3.40. The number of sulfonamides is 1. The molecule has 1 atom stereocenters. The van der Waals surface area contributed by atoms with Gasteiger partial charge in [0.1, 0.15) is 0 Å². The van der Waals surface area contributed by atoms with Crippen LogP contribution < -0.4 is 0 Å². The van der Waals surface area contributed by atoms with E-state index >= 15 is 0 Å². The third-order valence-corrected chi connectivity index (χ3v) is 5.52. The fraction of sp³-hybridized carbons (Fsp3) is 0.533. The van der Waals surface area contributed by atoms with Crippen LogP contribution in [0.3, 0.4) is 0 Å². The molecule has 1 unspecified atom stereocenters. The normalized spacial score (nSPS) is 13.1. The number of carbonyl (C=O) groups is 1. The smallest absolute Gasteiger partial charge is 0.306 e. The number of rotatable bonds is 8. The van der Waals surface area contributed by atoms with E-state index in [1.165, 1.54) is 11.4 Å². The van der Waals surface area contributed by atoms with Crippen LogP contribution in [0.1, 0.15) is 31.7 Å². The summed E-state index contributed by atoms with van der Waals surface area (Å²) in [4.78, 5) is 11.2. The average Bonchev–Trinajstić information content (AvgIpc) is 2.47. The lowest BCUT2D eigenvalue weighted by Crippen LogP contribution is -2.36. The fourth-order valence-electron chi connectivity index (χ4n) is 2.11. The molecule has 1 aromatic rings. The first kappa shape index (κ1) is 17.7. The second-order valence-electron chi connectivity index (χ2n) is 4.91. The predicted octanol–water partition coefficient (Wildman–Crippen LogP) is 2.00. The molecule has 0 radical (unpaired) electrons. The van der Waals surface area contributed by atoms with E-state index in [-0.39, 0.29) is 24.6 Å². The summed E-state index contributed by atoms with van der Waals surface area (Å²) in [5.74, 6) is -0.463. The first-order chi connectivity index (χ1) is 9.90. The Morgan fingerprint density at radius 2 is 1.90 bits per heavy atom. The van der Waals surface area contributed by atoms with Crippen molar-refractivity contribution in [2.24, 2.45) is 0 Å². The van der Waals surface area contributed by atoms with Crippen LogP contribution in [0.4, 0.5) is 0 Å². The third-order valence-electron chi connectivity index (χ3n) is 3.37. The molecule has 0 aliphatic heterocycles. The Kier molecular flexibility index (Phi) is 6.84. The molecule has 0 N–H and O–H groups in total. The highest BCUT2D eigenvalue weighted by atomic mass is 32.2. The zero-order valence-corrected chi connectivity index (χ0v) is 13.6. The quantitative estimate of drug-likeness (QED) is 0.689. The Balaban J connectivity index is 2.71. The van der Waals surface area contributed by atoms with E-state index < -0.39 is 16.0 Å². The molecule has 6 heteroatoms. The number of methoxy groups -OCH3 is 1. The standard InChI is InChI=1S/C15H23NO4S/c1-4-16(11-10-15(17)20-3)21(18,19)12-13(2)14-8-6-5-7-9-14/h5-9,13H,4,10-12H2,1-3H3. The lowest BCUT2D eigenvalue weighted by Gasteiger charge is -2.22. The Bertz CT molecular complexity index is 542. The summed E-state index contributed by atoms with van der Waals surface area (Å²) in [6, 6.07) is 9.54. The zero-order chi connectivity index (χ0) is 15.9. The van der Waals surface area contributed by atoms with Crippen LogP contribution in [0.15, 0.2) is 30.3 Å². The summed E-state index contributed by atoms with van der Waals surface area (Å²) in [5.41, 5.74) is 0.991. The largest absolute Gasteiger partial charge is 0.469 e. The van der Waals surface area contributed by atoms with Crippen molar-refractivity contribution in [3.8, 4) is 0 Å². The van der Waals surface area contributed by atoms with Gasteiger partial charge in [0.2, 0.25) is 10.0 Å². The molecule has 0 aliphatic rings. The van der Waals surface area contributed by atoms with E-state index in [4.69, 9.17) is 0 Å². The van der Waals surface area contributed by atoms with Crippen LogP contribution in [0, 0.1) is 0 Å². The van der Waals surface area contributed by atoms with Gasteiger partial charge >= 0.3 is 5.97 Å². The molecule has 0 heterocycles. The number of esters is 1. The molecular formula is C15H23NO4S. The number of hydrogen-bond acceptors (Lipinski definition) is 4. The first-order valence-electron chi connectivity index (χ1n) is 7.00. The van der Waals surface area contributed by atoms with Gasteiger partial charge < -0.3 is 4.74 Å². The van der Waals surface area contributed by atoms with E-state index in [0.717, 1.165) is 5.56 Å². The Hall–Kier alpha value is -1.40. The third kappa shape index (κ3) is 5.47. The number of benzene rings is 1. The summed E-state index contributed by atoms with van der Waals surface area (Å²) < 4.78 is 30.7. The van der Waals surface area contributed by atoms with Crippen molar-refractivity contribution >= 4 is 16.0 Å². The number of ether oxygens (including phenoxy) is 1. The second kappa shape index (κ2) is 8.14. The van der Waals surface area contributed by atoms with Crippen molar-refractivity contribution in [2.45, 2.75) is 26.2 Å². The Morgan fingerprint density at radius 3 is 2.43 bits per heavy atom. The molecule has 0 saturated carbocycles. The van der Waals surface area contributed by atoms with Crippen LogP contribution in [-0.4, -0.2) is 44.6 Å². The first-order valence-corrected chi connectivity index (χ1v) is 8.61. The van der Waals surface area contributed by atoms with E-state index in [0.29, 0.717) is 6.54 Å². The Morgan fingerprint density at radius 1 is 1.29 bits per heavy atom. The monoisotopic (exact) mass is 313 g/mol. The molecule has 0 spiro atoms. The second-order valence-corrected chi connectivity index (χ2v) is 6.92. The van der Waals surface area contributed by atoms with Gasteiger partial charge in [0.25, 0.3) is 0 Å². The molecule has 0 fully saturated rings. The molecule has 118 valence electrons. The van der Waals surface area contributed by atoms with E-state index in [9.17, 15) is 13.2 Å². The van der Waals surface area contributed by atoms with E-state index in [2.05, 4.69) is 4.74 Å². The maximum atomic E-state index is 12.4. The molecule has 0 saturated heterocycles. The van der Waals surface area contributed by atoms with Crippen molar-refractivity contribution in [1.82, 2.24) is 4.31 Å². The van der Waals surface area contributed by atoms with E-state index in [1.807, 2.05) is 37.3 Å². The number of carbonyl (C=O) groups excluding carboxylic acids is 1. The minimum Gasteiger partial charge on any atom is -0.469 e. The molecular weight excluding hydrogens is 290 g/mol. The summed E-state index contributed by atoms with van der Waals surface area (Å²) in [7, 11) is -2.10. The molecule has 0 aromatic heterocycles. The molecule has 0 aliphatic carbocycles. The van der Waals surface area contributed by atoms with Crippen molar-refractivity contribution in [2.75, 3.05) is 26.0 Å². The maximum Gasteiger partial charge on any atom is 0.306 e. The summed E-state index contributed by atoms with van der Waals surface area (Å²) in [5, 5.41) is 0. The molecule has 21 heavy (non-hydrogen) atoms. The van der Waals surface area contributed by atoms with Crippen LogP contribution in [0.2, 0.25) is 0 Å². The van der Waals surface area contributed by atoms with Crippen molar-refractivity contribution in [3.05, 3.63) is 35.9 Å². The van der Waals surface area contributed by atoms with Crippen molar-refractivity contribution in [3.63, 3.8) is 0 Å². The highest BCUT2D eigenvalue weighted by Crippen LogP contribution is 2.18. The van der Waals surface area contributed by atoms with Gasteiger partial charge in [-0.15, -0.1) is 0 Å². The minimum absolute atomic E-state index is 0.0338. The molecule has 0 amide bonds. The molecule has 1 rings (SSSR count). The summed E-state index contributed by atoms with van der Waals surface area (Å²) in [6.45, 7) is 4.16. The number of nitrogens with zero attached hydrogens (tertiary/aromatic N) is 1. The highest BCUT2D eigenvalue weighted by Gasteiger charge is 2.24. The van der Waals surface area contributed by atoms with Gasteiger partial charge in [0.15, 0.2) is 0 Å². The summed E-state index contributed by atoms with van der Waals surface area (Å²) >= 11 is 0. The Labute approximate surface area is 127 Å². The van der Waals surface area contributed by atoms with Crippen molar-refractivity contribution in [1.29, 1.82) is 0 Å². The van der Waals surface area contributed by atoms with E-state index in [1.54, 1.807) is 6.92 Å². The van der Waals surface area contributed by atoms with Gasteiger partial charge in [-0.3, -0.25) is 4.79 Å². The van der Waals surface area contributed by atoms with Gasteiger partial charge in [-0.2, -0.15) is 0 Å². The molecule has 1 aromatic carbocycles. The lowest BCUT2D eigenvalue weighted by molar-refractivity contribution is -0.140. The van der Waals surface area contributed by atoms with Gasteiger partial charge in [-0.05, 0) is 11.5 Å². The lowest BCUT2D eigenvalue weighted by atomic mass is 10.0. The van der Waals surface area contributed by atoms with Gasteiger partial charge in [0, 0.05) is 13.1 Å². The zero-order valence-electron chi connectivity index (χ0n) is 12.8. The molecule has 5 nitrogen and oxygen atoms in total. The van der Waals surface area contributed by atoms with Crippen LogP contribution in [0.5, 0.6) is 0 Å². The van der Waals surface area contributed by atoms with Gasteiger partial charge in [-0.1, -0.05) is 44.2 Å². The summed E-state index contributed by atoms with van der Waals surface area (Å²) in [6.07, 6.45) is 0.0727. The SMILES string of the molecule is CCN(CCC(=O)OC)S(=O)(=O)CC(C)c1ccccc1. The number of hydrogen-bond donors (Lipinski definition) is 0. The van der Waals surface area contributed by atoms with Crippen LogP contribution in [-0.2, 0) is 19.6 Å². The topological polar surface area (TPSA) is 63.7 Å².